The highest BCUT2D eigenvalue weighted by Crippen LogP contribution is 2.43. The summed E-state index contributed by atoms with van der Waals surface area (Å²) >= 11 is 6.57. The van der Waals surface area contributed by atoms with Gasteiger partial charge in [-0.1, -0.05) is 32.4 Å². The Hall–Kier alpha value is -4.28. The summed E-state index contributed by atoms with van der Waals surface area (Å²) in [6.07, 6.45) is -4.40. The summed E-state index contributed by atoms with van der Waals surface area (Å²) in [7, 11) is 7.27. The number of nitrogens with one attached hydrogen (secondary N) is 2. The van der Waals surface area contributed by atoms with Crippen LogP contribution in [0.15, 0.2) is 23.1 Å². The van der Waals surface area contributed by atoms with Crippen LogP contribution < -0.4 is 16.1 Å². The van der Waals surface area contributed by atoms with Crippen molar-refractivity contribution in [1.29, 1.82) is 0 Å². The van der Waals surface area contributed by atoms with Gasteiger partial charge in [-0.3, -0.25) is 19.3 Å². The normalized spacial score (nSPS) is 35.6. The quantitative estimate of drug-likeness (QED) is 0.0582. The maximum Gasteiger partial charge on any atom is 0.509 e. The van der Waals surface area contributed by atoms with Crippen molar-refractivity contribution in [2.75, 3.05) is 86.2 Å². The average Bonchev–Trinajstić information content (AvgIpc) is 2.95. The first kappa shape index (κ1) is 70.2. The summed E-state index contributed by atoms with van der Waals surface area (Å²) in [5.41, 5.74) is -3.69. The Kier molecular flexibility index (Phi) is 24.4. The van der Waals surface area contributed by atoms with Crippen LogP contribution in [0.25, 0.3) is 10.9 Å². The highest BCUT2D eigenvalue weighted by molar-refractivity contribution is 6.34. The standard InChI is InChI=1S/C62H98ClN5O19/c1-15-47-62(10)54(86-59(75)87-62)38(6)67(13)32-34(2)30-60(8,76)53(85-58-51(71)46(66(11)12)27-35(3)81-58)36(4)52(37(5)57(74)83-47)84-49-31-61(9,77-14)55(39(7)82-49)80-22-16-20-65-48(69)19-23-78-25-26-79-24-21-64-44-28-41-45(29-43(44)63)68(40-17-18-40)33-42(50(41)70)56(72)73/h28-29,33-40,46-47,49,51-55,58,64,71,76H,15-27,30-32H2,1-14H3,(H,65,69)(H,72,73)/t34-,35-,36+,37-,38-,39+,46+,47-,49+,51-,52+,53+,54-,55+,58+,60-,61-,62-/m1/s1. The van der Waals surface area contributed by atoms with E-state index in [1.165, 1.54) is 6.20 Å². The number of benzene rings is 1. The minimum absolute atomic E-state index is 0.137. The first-order valence-electron chi connectivity index (χ1n) is 31.0. The third-order valence-electron chi connectivity index (χ3n) is 18.3. The van der Waals surface area contributed by atoms with Crippen LogP contribution in [0, 0.1) is 17.8 Å². The van der Waals surface area contributed by atoms with Crippen molar-refractivity contribution in [3.8, 4) is 0 Å². The lowest BCUT2D eigenvalue weighted by Crippen LogP contribution is -2.61. The lowest BCUT2D eigenvalue weighted by molar-refractivity contribution is -0.320. The van der Waals surface area contributed by atoms with E-state index in [0.29, 0.717) is 55.3 Å². The number of carbonyl (C=O) groups is 4. The molecule has 492 valence electrons. The van der Waals surface area contributed by atoms with Gasteiger partial charge < -0.3 is 87.5 Å². The fraction of sp³-hybridized carbons (Fsp3) is 0.790. The molecule has 0 spiro atoms. The van der Waals surface area contributed by atoms with Crippen LogP contribution in [0.4, 0.5) is 10.5 Å². The van der Waals surface area contributed by atoms with E-state index in [0.717, 1.165) is 12.8 Å². The van der Waals surface area contributed by atoms with E-state index in [1.807, 2.05) is 84.0 Å². The number of aromatic carboxylic acids is 1. The molecule has 5 aliphatic rings. The number of carbonyl (C=O) groups excluding carboxylic acids is 3. The average molecular weight is 1250 g/mol. The Balaban J connectivity index is 0.928. The van der Waals surface area contributed by atoms with Crippen LogP contribution in [0.3, 0.4) is 0 Å². The molecule has 5 N–H and O–H groups in total. The number of carboxylic acid groups (broad SMARTS) is 1. The zero-order valence-electron chi connectivity index (χ0n) is 53.4. The van der Waals surface area contributed by atoms with Crippen molar-refractivity contribution in [2.24, 2.45) is 17.8 Å². The minimum atomic E-state index is -1.61. The number of ether oxygens (including phenoxy) is 11. The number of aliphatic hydroxyl groups excluding tert-OH is 1. The Labute approximate surface area is 516 Å². The molecule has 87 heavy (non-hydrogen) atoms. The van der Waals surface area contributed by atoms with Gasteiger partial charge in [-0.25, -0.2) is 9.59 Å². The molecule has 5 heterocycles. The van der Waals surface area contributed by atoms with Gasteiger partial charge in [0, 0.05) is 81.8 Å². The summed E-state index contributed by atoms with van der Waals surface area (Å²) < 4.78 is 70.8. The predicted octanol–water partition coefficient (Wildman–Crippen LogP) is 6.15. The van der Waals surface area contributed by atoms with Crippen LogP contribution in [0.2, 0.25) is 5.02 Å². The van der Waals surface area contributed by atoms with Gasteiger partial charge in [-0.2, -0.15) is 0 Å². The molecule has 4 saturated heterocycles. The van der Waals surface area contributed by atoms with Gasteiger partial charge in [0.1, 0.15) is 23.9 Å². The van der Waals surface area contributed by atoms with E-state index in [1.54, 1.807) is 40.0 Å². The molecule has 0 bridgehead atoms. The van der Waals surface area contributed by atoms with Crippen molar-refractivity contribution in [1.82, 2.24) is 19.7 Å². The fourth-order valence-corrected chi connectivity index (χ4v) is 13.5. The number of fused-ring (bicyclic) bond motifs is 2. The lowest BCUT2D eigenvalue weighted by atomic mass is 9.77. The number of esters is 1. The molecule has 25 heteroatoms. The number of halogens is 1. The second-order valence-electron chi connectivity index (χ2n) is 25.7. The number of amides is 1. The van der Waals surface area contributed by atoms with E-state index in [4.69, 9.17) is 63.7 Å². The van der Waals surface area contributed by atoms with Crippen LogP contribution in [-0.4, -0.2) is 225 Å². The van der Waals surface area contributed by atoms with E-state index in [9.17, 15) is 39.3 Å². The highest BCUT2D eigenvalue weighted by Gasteiger charge is 2.58. The Morgan fingerprint density at radius 3 is 2.26 bits per heavy atom. The monoisotopic (exact) mass is 1250 g/mol. The van der Waals surface area contributed by atoms with Crippen LogP contribution in [-0.2, 0) is 61.7 Å². The fourth-order valence-electron chi connectivity index (χ4n) is 13.3. The number of pyridine rings is 1. The molecule has 7 rings (SSSR count). The van der Waals surface area contributed by atoms with Crippen LogP contribution >= 0.6 is 11.6 Å². The van der Waals surface area contributed by atoms with E-state index in [-0.39, 0.29) is 93.1 Å². The number of aromatic nitrogens is 1. The first-order chi connectivity index (χ1) is 41.0. The molecule has 1 amide bonds. The molecule has 18 atom stereocenters. The summed E-state index contributed by atoms with van der Waals surface area (Å²) in [6.45, 7) is 20.9. The molecular formula is C62H98ClN5O19. The number of hydrogen-bond acceptors (Lipinski definition) is 21. The number of hydrogen-bond donors (Lipinski definition) is 5. The minimum Gasteiger partial charge on any atom is -0.477 e. The summed E-state index contributed by atoms with van der Waals surface area (Å²) in [5, 5.41) is 41.1. The van der Waals surface area contributed by atoms with Gasteiger partial charge in [-0.15, -0.1) is 0 Å². The molecule has 0 radical (unpaired) electrons. The van der Waals surface area contributed by atoms with Gasteiger partial charge >= 0.3 is 18.1 Å². The van der Waals surface area contributed by atoms with E-state index in [2.05, 4.69) is 10.6 Å². The molecule has 4 aliphatic heterocycles. The smallest absolute Gasteiger partial charge is 0.477 e. The molecule has 1 aromatic carbocycles. The second kappa shape index (κ2) is 30.2. The number of anilines is 1. The second-order valence-corrected chi connectivity index (χ2v) is 26.1. The summed E-state index contributed by atoms with van der Waals surface area (Å²) in [4.78, 5) is 69.3. The molecule has 24 nitrogen and oxygen atoms in total. The third kappa shape index (κ3) is 17.0. The number of likely N-dealkylation sites (N-methyl/N-ethyl adjacent to an activating group) is 2. The molecule has 1 aromatic heterocycles. The number of cyclic esters (lactones) is 1. The molecule has 2 aromatic rings. The number of aliphatic hydroxyl groups is 2. The molecule has 1 saturated carbocycles. The van der Waals surface area contributed by atoms with Crippen molar-refractivity contribution in [3.63, 3.8) is 0 Å². The Morgan fingerprint density at radius 2 is 1.61 bits per heavy atom. The van der Waals surface area contributed by atoms with Gasteiger partial charge in [-0.05, 0) is 126 Å². The van der Waals surface area contributed by atoms with Crippen LogP contribution in [0.1, 0.15) is 137 Å². The molecule has 5 fully saturated rings. The zero-order valence-corrected chi connectivity index (χ0v) is 54.1. The number of rotatable bonds is 24. The van der Waals surface area contributed by atoms with Crippen molar-refractivity contribution in [2.45, 2.75) is 217 Å². The van der Waals surface area contributed by atoms with Crippen LogP contribution in [0.5, 0.6) is 0 Å². The SMILES string of the molecule is CC[C@H]1OC(=O)[C@H](C)[C@@H](O[C@H]2C[C@@](C)(OC)[C@@H](OCCCNC(=O)CCOCCOCCNc3cc4c(=O)c(C(=O)O)cn(C5CC5)c4cc3Cl)[C@H](C)O2)[C@H](C)[C@H](O[C@@H]2O[C@H](C)C[C@H](N(C)C)[C@H]2O)[C@](C)(O)C[C@@H](C)CN(C)[C@H](C)[C@H]2OC(=O)O[C@@]21C. The maximum atomic E-state index is 14.8. The number of methoxy groups -OCH3 is 1. The summed E-state index contributed by atoms with van der Waals surface area (Å²) in [5.74, 6) is -4.12. The van der Waals surface area contributed by atoms with Gasteiger partial charge in [0.25, 0.3) is 0 Å². The van der Waals surface area contributed by atoms with Crippen molar-refractivity contribution < 1.29 is 86.6 Å². The van der Waals surface area contributed by atoms with Crippen molar-refractivity contribution >= 4 is 52.2 Å². The Bertz CT molecular complexity index is 2720. The predicted molar refractivity (Wildman–Crippen MR) is 322 cm³/mol. The summed E-state index contributed by atoms with van der Waals surface area (Å²) in [6, 6.07) is 2.71. The Morgan fingerprint density at radius 1 is 0.908 bits per heavy atom. The van der Waals surface area contributed by atoms with Gasteiger partial charge in [0.15, 0.2) is 24.3 Å². The first-order valence-corrected chi connectivity index (χ1v) is 31.3. The lowest BCUT2D eigenvalue weighted by Gasteiger charge is -2.49. The van der Waals surface area contributed by atoms with Gasteiger partial charge in [0.05, 0.1) is 84.2 Å². The van der Waals surface area contributed by atoms with E-state index >= 15 is 0 Å². The third-order valence-corrected chi connectivity index (χ3v) is 18.6. The number of carboxylic acids is 1. The van der Waals surface area contributed by atoms with Crippen molar-refractivity contribution in [3.05, 3.63) is 39.1 Å². The zero-order chi connectivity index (χ0) is 63.9. The molecule has 0 unspecified atom stereocenters. The highest BCUT2D eigenvalue weighted by atomic mass is 35.5. The number of nitrogens with zero attached hydrogens (tertiary/aromatic N) is 3. The molecule has 1 aliphatic carbocycles. The largest absolute Gasteiger partial charge is 0.509 e. The van der Waals surface area contributed by atoms with Gasteiger partial charge in [0.2, 0.25) is 11.3 Å². The maximum absolute atomic E-state index is 14.8. The topological polar surface area (TPSA) is 283 Å². The molecular weight excluding hydrogens is 1150 g/mol. The van der Waals surface area contributed by atoms with E-state index < -0.39 is 114 Å².